The van der Waals surface area contributed by atoms with Crippen LogP contribution in [-0.4, -0.2) is 0 Å². The van der Waals surface area contributed by atoms with Gasteiger partial charge in [-0.2, -0.15) is 5.26 Å². The lowest BCUT2D eigenvalue weighted by Crippen LogP contribution is -1.88. The highest BCUT2D eigenvalue weighted by atomic mass is 35.5. The third-order valence-corrected chi connectivity index (χ3v) is 2.67. The molecule has 84 valence electrons. The minimum absolute atomic E-state index is 0.437. The Bertz CT molecular complexity index is 587. The van der Waals surface area contributed by atoms with E-state index in [0.29, 0.717) is 16.3 Å². The molecular formula is C14H10ClNO. The summed E-state index contributed by atoms with van der Waals surface area (Å²) in [5.41, 5.74) is 1.56. The summed E-state index contributed by atoms with van der Waals surface area (Å²) < 4.78 is 5.70. The normalized spacial score (nSPS) is 9.71. The third-order valence-electron chi connectivity index (χ3n) is 2.37. The molecule has 0 N–H and O–H groups in total. The Morgan fingerprint density at radius 3 is 2.53 bits per heavy atom. The molecule has 0 spiro atoms. The van der Waals surface area contributed by atoms with Crippen molar-refractivity contribution >= 4 is 11.6 Å². The van der Waals surface area contributed by atoms with E-state index < -0.39 is 0 Å². The fraction of sp³-hybridized carbons (Fsp3) is 0.0714. The molecule has 0 saturated heterocycles. The molecule has 0 atom stereocenters. The van der Waals surface area contributed by atoms with Gasteiger partial charge in [0.1, 0.15) is 11.5 Å². The number of nitrogens with zero attached hydrogens (tertiary/aromatic N) is 1. The van der Waals surface area contributed by atoms with Crippen LogP contribution in [0.5, 0.6) is 11.5 Å². The minimum atomic E-state index is 0.437. The lowest BCUT2D eigenvalue weighted by molar-refractivity contribution is 0.479. The second kappa shape index (κ2) is 4.90. The molecule has 2 aromatic carbocycles. The first kappa shape index (κ1) is 11.5. The molecule has 3 heteroatoms. The lowest BCUT2D eigenvalue weighted by atomic mass is 10.2. The minimum Gasteiger partial charge on any atom is -0.456 e. The summed E-state index contributed by atoms with van der Waals surface area (Å²) in [5, 5.41) is 9.17. The number of aryl methyl sites for hydroxylation is 1. The molecular weight excluding hydrogens is 234 g/mol. The molecule has 0 bridgehead atoms. The highest BCUT2D eigenvalue weighted by Gasteiger charge is 2.05. The van der Waals surface area contributed by atoms with E-state index in [-0.39, 0.29) is 0 Å². The van der Waals surface area contributed by atoms with Crippen molar-refractivity contribution in [3.05, 3.63) is 58.6 Å². The van der Waals surface area contributed by atoms with Gasteiger partial charge in [0, 0.05) is 0 Å². The van der Waals surface area contributed by atoms with Crippen LogP contribution in [0.2, 0.25) is 5.02 Å². The monoisotopic (exact) mass is 243 g/mol. The van der Waals surface area contributed by atoms with Gasteiger partial charge in [0.25, 0.3) is 0 Å². The summed E-state index contributed by atoms with van der Waals surface area (Å²) in [6.07, 6.45) is 0. The van der Waals surface area contributed by atoms with Crippen molar-refractivity contribution in [2.24, 2.45) is 0 Å². The number of hydrogen-bond donors (Lipinski definition) is 0. The van der Waals surface area contributed by atoms with Crippen molar-refractivity contribution in [2.75, 3.05) is 0 Å². The largest absolute Gasteiger partial charge is 0.456 e. The number of hydrogen-bond acceptors (Lipinski definition) is 2. The second-order valence-electron chi connectivity index (χ2n) is 3.62. The standard InChI is InChI=1S/C14H10ClNO/c1-10-4-2-3-5-13(10)17-14-7-6-11(9-16)8-12(14)15/h2-8H,1H3. The zero-order chi connectivity index (χ0) is 12.3. The van der Waals surface area contributed by atoms with Crippen LogP contribution in [-0.2, 0) is 0 Å². The average Bonchev–Trinajstić information content (AvgIpc) is 2.34. The first-order valence-electron chi connectivity index (χ1n) is 5.14. The van der Waals surface area contributed by atoms with Crippen molar-refractivity contribution in [3.8, 4) is 17.6 Å². The van der Waals surface area contributed by atoms with Crippen LogP contribution in [0.4, 0.5) is 0 Å². The maximum Gasteiger partial charge on any atom is 0.146 e. The van der Waals surface area contributed by atoms with Gasteiger partial charge in [-0.3, -0.25) is 0 Å². The van der Waals surface area contributed by atoms with E-state index in [1.165, 1.54) is 0 Å². The van der Waals surface area contributed by atoms with Crippen LogP contribution in [0.15, 0.2) is 42.5 Å². The number of rotatable bonds is 2. The zero-order valence-electron chi connectivity index (χ0n) is 9.27. The maximum absolute atomic E-state index is 8.74. The van der Waals surface area contributed by atoms with Gasteiger partial charge in [-0.15, -0.1) is 0 Å². The van der Waals surface area contributed by atoms with Crippen LogP contribution in [0.1, 0.15) is 11.1 Å². The van der Waals surface area contributed by atoms with Gasteiger partial charge >= 0.3 is 0 Å². The molecule has 0 aromatic heterocycles. The van der Waals surface area contributed by atoms with Crippen LogP contribution in [0.25, 0.3) is 0 Å². The second-order valence-corrected chi connectivity index (χ2v) is 4.03. The quantitative estimate of drug-likeness (QED) is 0.787. The predicted octanol–water partition coefficient (Wildman–Crippen LogP) is 4.31. The van der Waals surface area contributed by atoms with Gasteiger partial charge in [0.15, 0.2) is 0 Å². The van der Waals surface area contributed by atoms with Crippen LogP contribution in [0, 0.1) is 18.3 Å². The maximum atomic E-state index is 8.74. The molecule has 0 saturated carbocycles. The molecule has 0 aliphatic heterocycles. The molecule has 2 nitrogen and oxygen atoms in total. The Balaban J connectivity index is 2.32. The Hall–Kier alpha value is -1.98. The molecule has 0 radical (unpaired) electrons. The molecule has 17 heavy (non-hydrogen) atoms. The van der Waals surface area contributed by atoms with Crippen LogP contribution < -0.4 is 4.74 Å². The van der Waals surface area contributed by atoms with E-state index in [9.17, 15) is 0 Å². The summed E-state index contributed by atoms with van der Waals surface area (Å²) in [4.78, 5) is 0. The van der Waals surface area contributed by atoms with Crippen molar-refractivity contribution < 1.29 is 4.74 Å². The summed E-state index contributed by atoms with van der Waals surface area (Å²) >= 11 is 6.03. The van der Waals surface area contributed by atoms with Crippen molar-refractivity contribution in [3.63, 3.8) is 0 Å². The topological polar surface area (TPSA) is 33.0 Å². The number of nitriles is 1. The van der Waals surface area contributed by atoms with Gasteiger partial charge in [-0.05, 0) is 36.8 Å². The highest BCUT2D eigenvalue weighted by Crippen LogP contribution is 2.31. The lowest BCUT2D eigenvalue weighted by Gasteiger charge is -2.09. The third kappa shape index (κ3) is 2.58. The number of halogens is 1. The number of ether oxygens (including phenoxy) is 1. The van der Waals surface area contributed by atoms with Gasteiger partial charge < -0.3 is 4.74 Å². The Labute approximate surface area is 105 Å². The van der Waals surface area contributed by atoms with Gasteiger partial charge in [-0.1, -0.05) is 29.8 Å². The predicted molar refractivity (Wildman–Crippen MR) is 67.4 cm³/mol. The summed E-state index contributed by atoms with van der Waals surface area (Å²) in [7, 11) is 0. The highest BCUT2D eigenvalue weighted by molar-refractivity contribution is 6.32. The molecule has 0 amide bonds. The molecule has 2 rings (SSSR count). The zero-order valence-corrected chi connectivity index (χ0v) is 10.0. The molecule has 0 aliphatic rings. The van der Waals surface area contributed by atoms with Crippen molar-refractivity contribution in [1.82, 2.24) is 0 Å². The summed E-state index contributed by atoms with van der Waals surface area (Å²) in [6.45, 7) is 1.97. The fourth-order valence-electron chi connectivity index (χ4n) is 1.44. The molecule has 0 unspecified atom stereocenters. The van der Waals surface area contributed by atoms with Crippen LogP contribution >= 0.6 is 11.6 Å². The first-order chi connectivity index (χ1) is 8.20. The van der Waals surface area contributed by atoms with Crippen molar-refractivity contribution in [2.45, 2.75) is 6.92 Å². The van der Waals surface area contributed by atoms with E-state index in [2.05, 4.69) is 0 Å². The summed E-state index contributed by atoms with van der Waals surface area (Å²) in [5.74, 6) is 1.32. The molecule has 0 aliphatic carbocycles. The fourth-order valence-corrected chi connectivity index (χ4v) is 1.66. The van der Waals surface area contributed by atoms with Gasteiger partial charge in [-0.25, -0.2) is 0 Å². The van der Waals surface area contributed by atoms with Gasteiger partial charge in [0.05, 0.1) is 16.7 Å². The number of para-hydroxylation sites is 1. The number of benzene rings is 2. The molecule has 2 aromatic rings. The van der Waals surface area contributed by atoms with Crippen LogP contribution in [0.3, 0.4) is 0 Å². The SMILES string of the molecule is Cc1ccccc1Oc1ccc(C#N)cc1Cl. The first-order valence-corrected chi connectivity index (χ1v) is 5.51. The van der Waals surface area contributed by atoms with Gasteiger partial charge in [0.2, 0.25) is 0 Å². The average molecular weight is 244 g/mol. The Morgan fingerprint density at radius 1 is 1.12 bits per heavy atom. The van der Waals surface area contributed by atoms with E-state index >= 15 is 0 Å². The van der Waals surface area contributed by atoms with E-state index in [4.69, 9.17) is 21.6 Å². The van der Waals surface area contributed by atoms with Crippen molar-refractivity contribution in [1.29, 1.82) is 5.26 Å². The Morgan fingerprint density at radius 2 is 1.88 bits per heavy atom. The smallest absolute Gasteiger partial charge is 0.146 e. The summed E-state index contributed by atoms with van der Waals surface area (Å²) in [6, 6.07) is 14.7. The van der Waals surface area contributed by atoms with E-state index in [0.717, 1.165) is 11.3 Å². The molecule has 0 heterocycles. The van der Waals surface area contributed by atoms with E-state index in [1.54, 1.807) is 18.2 Å². The Kier molecular flexibility index (Phi) is 3.32. The van der Waals surface area contributed by atoms with E-state index in [1.807, 2.05) is 37.3 Å². The molecule has 0 fully saturated rings.